The van der Waals surface area contributed by atoms with E-state index in [0.29, 0.717) is 11.1 Å². The lowest BCUT2D eigenvalue weighted by Gasteiger charge is -2.32. The smallest absolute Gasteiger partial charge is 0.337 e. The van der Waals surface area contributed by atoms with Crippen molar-refractivity contribution in [2.75, 3.05) is 12.9 Å². The number of thioether (sulfide) groups is 1. The van der Waals surface area contributed by atoms with Crippen molar-refractivity contribution < 1.29 is 14.6 Å². The number of esters is 1. The number of rotatable bonds is 1. The Kier molecular flexibility index (Phi) is 4.78. The molecule has 2 aromatic carbocycles. The summed E-state index contributed by atoms with van der Waals surface area (Å²) in [6.07, 6.45) is 1.15. The highest BCUT2D eigenvalue weighted by atomic mass is 32.2. The number of aromatic hydroxyl groups is 1. The SMILES string of the molecule is COC(=O)c1ccc(C#Cc2ccc3c(c2)C(C)(C)CCS3)c(O)c1. The molecule has 3 nitrogen and oxygen atoms in total. The van der Waals surface area contributed by atoms with Crippen molar-refractivity contribution >= 4 is 17.7 Å². The van der Waals surface area contributed by atoms with Gasteiger partial charge >= 0.3 is 5.97 Å². The van der Waals surface area contributed by atoms with E-state index in [4.69, 9.17) is 0 Å². The average molecular weight is 352 g/mol. The molecule has 0 aromatic heterocycles. The molecule has 0 amide bonds. The molecular formula is C21H20O3S. The molecule has 1 aliphatic rings. The van der Waals surface area contributed by atoms with E-state index < -0.39 is 5.97 Å². The first-order valence-electron chi connectivity index (χ1n) is 8.11. The van der Waals surface area contributed by atoms with E-state index in [1.54, 1.807) is 12.1 Å². The topological polar surface area (TPSA) is 46.5 Å². The zero-order chi connectivity index (χ0) is 18.0. The van der Waals surface area contributed by atoms with Crippen LogP contribution in [-0.4, -0.2) is 23.9 Å². The second-order valence-corrected chi connectivity index (χ2v) is 7.80. The molecule has 1 heterocycles. The maximum atomic E-state index is 11.5. The Labute approximate surface area is 152 Å². The van der Waals surface area contributed by atoms with E-state index >= 15 is 0 Å². The summed E-state index contributed by atoms with van der Waals surface area (Å²) in [7, 11) is 1.31. The predicted molar refractivity (Wildman–Crippen MR) is 100 cm³/mol. The summed E-state index contributed by atoms with van der Waals surface area (Å²) in [5, 5.41) is 10.1. The van der Waals surface area contributed by atoms with Gasteiger partial charge in [0.1, 0.15) is 5.75 Å². The standard InChI is InChI=1S/C21H20O3S/c1-21(2)10-11-25-19-9-5-14(12-17(19)21)4-6-15-7-8-16(13-18(15)22)20(23)24-3/h5,7-9,12-13,22H,10-11H2,1-3H3. The Morgan fingerprint density at radius 3 is 2.72 bits per heavy atom. The molecule has 3 rings (SSSR count). The molecular weight excluding hydrogens is 332 g/mol. The summed E-state index contributed by atoms with van der Waals surface area (Å²) in [5.41, 5.74) is 3.20. The zero-order valence-corrected chi connectivity index (χ0v) is 15.4. The fraction of sp³-hybridized carbons (Fsp3) is 0.286. The third-order valence-corrected chi connectivity index (χ3v) is 5.53. The van der Waals surface area contributed by atoms with Gasteiger partial charge in [0.05, 0.1) is 18.2 Å². The normalized spacial score (nSPS) is 14.8. The van der Waals surface area contributed by atoms with Crippen LogP contribution < -0.4 is 0 Å². The molecule has 0 saturated heterocycles. The van der Waals surface area contributed by atoms with Crippen molar-refractivity contribution in [1.29, 1.82) is 0 Å². The summed E-state index contributed by atoms with van der Waals surface area (Å²) >= 11 is 1.89. The number of carbonyl (C=O) groups excluding carboxylic acids is 1. The molecule has 0 atom stereocenters. The number of phenols is 1. The first-order chi connectivity index (χ1) is 11.9. The van der Waals surface area contributed by atoms with E-state index in [-0.39, 0.29) is 11.2 Å². The van der Waals surface area contributed by atoms with Crippen LogP contribution >= 0.6 is 11.8 Å². The average Bonchev–Trinajstić information content (AvgIpc) is 2.60. The van der Waals surface area contributed by atoms with Crippen molar-refractivity contribution in [3.8, 4) is 17.6 Å². The van der Waals surface area contributed by atoms with E-state index in [9.17, 15) is 9.90 Å². The van der Waals surface area contributed by atoms with E-state index in [0.717, 1.165) is 17.7 Å². The number of hydrogen-bond donors (Lipinski definition) is 1. The summed E-state index contributed by atoms with van der Waals surface area (Å²) in [6, 6.07) is 10.9. The first kappa shape index (κ1) is 17.4. The monoisotopic (exact) mass is 352 g/mol. The van der Waals surface area contributed by atoms with Crippen LogP contribution in [0.25, 0.3) is 0 Å². The van der Waals surface area contributed by atoms with Crippen molar-refractivity contribution in [1.82, 2.24) is 0 Å². The number of ether oxygens (including phenoxy) is 1. The Morgan fingerprint density at radius 1 is 1.20 bits per heavy atom. The van der Waals surface area contributed by atoms with Crippen LogP contribution in [0.3, 0.4) is 0 Å². The van der Waals surface area contributed by atoms with Crippen LogP contribution in [0.4, 0.5) is 0 Å². The molecule has 2 aromatic rings. The minimum absolute atomic E-state index is 0.0238. The number of phenolic OH excluding ortho intramolecular Hbond substituents is 1. The maximum Gasteiger partial charge on any atom is 0.337 e. The number of methoxy groups -OCH3 is 1. The number of carbonyl (C=O) groups is 1. The highest BCUT2D eigenvalue weighted by molar-refractivity contribution is 7.99. The third kappa shape index (κ3) is 3.67. The fourth-order valence-corrected chi connectivity index (χ4v) is 4.32. The van der Waals surface area contributed by atoms with E-state index in [2.05, 4.69) is 42.6 Å². The van der Waals surface area contributed by atoms with Gasteiger partial charge in [0.25, 0.3) is 0 Å². The maximum absolute atomic E-state index is 11.5. The van der Waals surface area contributed by atoms with Crippen molar-refractivity contribution in [3.05, 3.63) is 58.7 Å². The van der Waals surface area contributed by atoms with Crippen molar-refractivity contribution in [2.45, 2.75) is 30.6 Å². The third-order valence-electron chi connectivity index (χ3n) is 4.45. The number of benzene rings is 2. The molecule has 0 aliphatic carbocycles. The molecule has 25 heavy (non-hydrogen) atoms. The van der Waals surface area contributed by atoms with Gasteiger partial charge in [-0.2, -0.15) is 0 Å². The lowest BCUT2D eigenvalue weighted by atomic mass is 9.81. The van der Waals surface area contributed by atoms with Crippen LogP contribution in [0.1, 0.15) is 47.3 Å². The number of fused-ring (bicyclic) bond motifs is 1. The van der Waals surface area contributed by atoms with Gasteiger partial charge in [0.15, 0.2) is 0 Å². The second kappa shape index (κ2) is 6.85. The Bertz CT molecular complexity index is 888. The molecule has 4 heteroatoms. The summed E-state index contributed by atoms with van der Waals surface area (Å²) < 4.78 is 4.64. The van der Waals surface area contributed by atoms with Gasteiger partial charge in [-0.1, -0.05) is 25.7 Å². The van der Waals surface area contributed by atoms with Crippen LogP contribution in [0.15, 0.2) is 41.3 Å². The highest BCUT2D eigenvalue weighted by Crippen LogP contribution is 2.41. The van der Waals surface area contributed by atoms with Crippen molar-refractivity contribution in [2.24, 2.45) is 0 Å². The van der Waals surface area contributed by atoms with Gasteiger partial charge < -0.3 is 9.84 Å². The van der Waals surface area contributed by atoms with E-state index in [1.807, 2.05) is 17.8 Å². The second-order valence-electron chi connectivity index (χ2n) is 6.67. The molecule has 0 saturated carbocycles. The first-order valence-corrected chi connectivity index (χ1v) is 9.10. The van der Waals surface area contributed by atoms with Crippen molar-refractivity contribution in [3.63, 3.8) is 0 Å². The quantitative estimate of drug-likeness (QED) is 0.612. The molecule has 0 spiro atoms. The fourth-order valence-electron chi connectivity index (χ4n) is 2.83. The summed E-state index contributed by atoms with van der Waals surface area (Å²) in [6.45, 7) is 4.53. The molecule has 0 fully saturated rings. The molecule has 1 aliphatic heterocycles. The Hall–Kier alpha value is -2.38. The molecule has 128 valence electrons. The lowest BCUT2D eigenvalue weighted by molar-refractivity contribution is 0.0600. The van der Waals surface area contributed by atoms with Gasteiger partial charge in [-0.25, -0.2) is 4.79 Å². The zero-order valence-electron chi connectivity index (χ0n) is 14.6. The predicted octanol–water partition coefficient (Wildman–Crippen LogP) is 4.35. The van der Waals surface area contributed by atoms with Gasteiger partial charge in [0, 0.05) is 10.5 Å². The minimum Gasteiger partial charge on any atom is -0.507 e. The van der Waals surface area contributed by atoms with Crippen LogP contribution in [0.2, 0.25) is 0 Å². The summed E-state index contributed by atoms with van der Waals surface area (Å²) in [5.74, 6) is 6.74. The highest BCUT2D eigenvalue weighted by Gasteiger charge is 2.27. The lowest BCUT2D eigenvalue weighted by Crippen LogP contribution is -2.22. The molecule has 0 bridgehead atoms. The Morgan fingerprint density at radius 2 is 2.00 bits per heavy atom. The molecule has 0 radical (unpaired) electrons. The van der Waals surface area contributed by atoms with Crippen LogP contribution in [0.5, 0.6) is 5.75 Å². The van der Waals surface area contributed by atoms with Crippen LogP contribution in [0, 0.1) is 11.8 Å². The van der Waals surface area contributed by atoms with Gasteiger partial charge in [-0.05, 0) is 59.6 Å². The van der Waals surface area contributed by atoms with Gasteiger partial charge in [-0.15, -0.1) is 11.8 Å². The Balaban J connectivity index is 1.91. The van der Waals surface area contributed by atoms with Gasteiger partial charge in [0.2, 0.25) is 0 Å². The summed E-state index contributed by atoms with van der Waals surface area (Å²) in [4.78, 5) is 12.8. The molecule has 1 N–H and O–H groups in total. The van der Waals surface area contributed by atoms with E-state index in [1.165, 1.54) is 23.6 Å². The minimum atomic E-state index is -0.482. The largest absolute Gasteiger partial charge is 0.507 e. The van der Waals surface area contributed by atoms with Gasteiger partial charge in [-0.3, -0.25) is 0 Å². The number of hydrogen-bond acceptors (Lipinski definition) is 4. The van der Waals surface area contributed by atoms with Crippen LogP contribution in [-0.2, 0) is 10.2 Å². The molecule has 0 unspecified atom stereocenters.